The number of unbranched alkanes of at least 4 members (excludes halogenated alkanes) is 2. The van der Waals surface area contributed by atoms with E-state index in [1.54, 1.807) is 4.90 Å². The molecule has 2 aromatic carbocycles. The number of carbonyl (C=O) groups is 1. The SMILES string of the molecule is O=C1/C(=C/c2cccc(-c3cnc4ccccc4c3)c2)SC(=S)N1CCCCCc1nn[nH]n1. The highest BCUT2D eigenvalue weighted by molar-refractivity contribution is 8.26. The van der Waals surface area contributed by atoms with Gasteiger partial charge in [-0.05, 0) is 48.2 Å². The van der Waals surface area contributed by atoms with Crippen molar-refractivity contribution in [2.45, 2.75) is 25.7 Å². The average molecular weight is 487 g/mol. The number of thioether (sulfide) groups is 1. The zero-order chi connectivity index (χ0) is 23.3. The van der Waals surface area contributed by atoms with Gasteiger partial charge in [0.15, 0.2) is 5.82 Å². The Labute approximate surface area is 206 Å². The summed E-state index contributed by atoms with van der Waals surface area (Å²) in [6.07, 6.45) is 7.38. The number of nitrogens with one attached hydrogen (secondary N) is 1. The van der Waals surface area contributed by atoms with E-state index in [2.05, 4.69) is 49.9 Å². The maximum absolute atomic E-state index is 13.0. The third-order valence-corrected chi connectivity index (χ3v) is 7.03. The van der Waals surface area contributed by atoms with Gasteiger partial charge in [0, 0.05) is 30.1 Å². The lowest BCUT2D eigenvalue weighted by Crippen LogP contribution is -2.29. The molecule has 3 heterocycles. The summed E-state index contributed by atoms with van der Waals surface area (Å²) in [6, 6.07) is 18.3. The molecule has 0 saturated carbocycles. The van der Waals surface area contributed by atoms with Crippen LogP contribution >= 0.6 is 24.0 Å². The van der Waals surface area contributed by atoms with Crippen LogP contribution in [0.5, 0.6) is 0 Å². The van der Waals surface area contributed by atoms with Crippen molar-refractivity contribution in [3.63, 3.8) is 0 Å². The number of rotatable bonds is 8. The molecule has 1 saturated heterocycles. The third-order valence-electron chi connectivity index (χ3n) is 5.65. The predicted octanol–water partition coefficient (Wildman–Crippen LogP) is 5.03. The van der Waals surface area contributed by atoms with Crippen LogP contribution in [0.15, 0.2) is 65.7 Å². The number of hydrogen-bond donors (Lipinski definition) is 1. The molecule has 1 fully saturated rings. The maximum atomic E-state index is 13.0. The Morgan fingerprint density at radius 1 is 1.03 bits per heavy atom. The third kappa shape index (κ3) is 5.05. The number of pyridine rings is 1. The number of thiocarbonyl (C=S) groups is 1. The van der Waals surface area contributed by atoms with Gasteiger partial charge in [0.1, 0.15) is 4.32 Å². The van der Waals surface area contributed by atoms with Crippen molar-refractivity contribution in [2.75, 3.05) is 6.54 Å². The molecule has 1 aliphatic heterocycles. The van der Waals surface area contributed by atoms with Crippen molar-refractivity contribution in [3.05, 3.63) is 77.1 Å². The van der Waals surface area contributed by atoms with Crippen LogP contribution in [-0.2, 0) is 11.2 Å². The van der Waals surface area contributed by atoms with Crippen molar-refractivity contribution in [1.82, 2.24) is 30.5 Å². The van der Waals surface area contributed by atoms with E-state index in [1.165, 1.54) is 11.8 Å². The first-order valence-electron chi connectivity index (χ1n) is 11.1. The zero-order valence-corrected chi connectivity index (χ0v) is 20.0. The fourth-order valence-corrected chi connectivity index (χ4v) is 5.21. The highest BCUT2D eigenvalue weighted by atomic mass is 32.2. The summed E-state index contributed by atoms with van der Waals surface area (Å²) in [5, 5.41) is 15.0. The molecule has 9 heteroatoms. The van der Waals surface area contributed by atoms with Crippen LogP contribution in [0.25, 0.3) is 28.1 Å². The number of aromatic amines is 1. The van der Waals surface area contributed by atoms with E-state index < -0.39 is 0 Å². The molecular formula is C25H22N6OS2. The van der Waals surface area contributed by atoms with Crippen LogP contribution in [0, 0.1) is 0 Å². The number of para-hydroxylation sites is 1. The number of H-pyrrole nitrogens is 1. The van der Waals surface area contributed by atoms with E-state index in [9.17, 15) is 4.79 Å². The number of fused-ring (bicyclic) bond motifs is 1. The van der Waals surface area contributed by atoms with Crippen LogP contribution in [-0.4, -0.2) is 47.3 Å². The number of hydrogen-bond acceptors (Lipinski definition) is 7. The molecule has 4 aromatic rings. The second-order valence-electron chi connectivity index (χ2n) is 8.01. The second-order valence-corrected chi connectivity index (χ2v) is 9.69. The first-order chi connectivity index (χ1) is 16.7. The van der Waals surface area contributed by atoms with Gasteiger partial charge in [-0.3, -0.25) is 14.7 Å². The molecule has 0 aliphatic carbocycles. The van der Waals surface area contributed by atoms with E-state index in [0.717, 1.165) is 59.1 Å². The van der Waals surface area contributed by atoms with Gasteiger partial charge in [0.05, 0.1) is 10.4 Å². The van der Waals surface area contributed by atoms with Gasteiger partial charge in [-0.1, -0.05) is 72.0 Å². The molecule has 7 nitrogen and oxygen atoms in total. The van der Waals surface area contributed by atoms with E-state index in [1.807, 2.05) is 42.6 Å². The standard InChI is InChI=1S/C25H22N6OS2/c32-24-22(34-25(33)31(24)12-5-1-2-11-23-27-29-30-28-23)14-17-7-6-9-18(13-17)20-15-19-8-3-4-10-21(19)26-16-20/h3-4,6-10,13-16H,1-2,5,11-12H2,(H,27,28,29,30)/b22-14-. The lowest BCUT2D eigenvalue weighted by atomic mass is 10.0. The number of benzene rings is 2. The smallest absolute Gasteiger partial charge is 0.266 e. The minimum atomic E-state index is -0.0223. The number of tetrazole rings is 1. The normalized spacial score (nSPS) is 15.1. The molecule has 34 heavy (non-hydrogen) atoms. The Balaban J connectivity index is 1.24. The zero-order valence-electron chi connectivity index (χ0n) is 18.3. The highest BCUT2D eigenvalue weighted by Gasteiger charge is 2.31. The van der Waals surface area contributed by atoms with Gasteiger partial charge in [0.25, 0.3) is 5.91 Å². The molecule has 1 N–H and O–H groups in total. The number of carbonyl (C=O) groups excluding carboxylic acids is 1. The van der Waals surface area contributed by atoms with E-state index in [-0.39, 0.29) is 5.91 Å². The first-order valence-corrected chi connectivity index (χ1v) is 12.3. The van der Waals surface area contributed by atoms with Crippen LogP contribution in [0.3, 0.4) is 0 Å². The topological polar surface area (TPSA) is 87.7 Å². The summed E-state index contributed by atoms with van der Waals surface area (Å²) in [7, 11) is 0. The van der Waals surface area contributed by atoms with E-state index in [0.29, 0.717) is 15.8 Å². The predicted molar refractivity (Wildman–Crippen MR) is 139 cm³/mol. The number of nitrogens with zero attached hydrogens (tertiary/aromatic N) is 5. The van der Waals surface area contributed by atoms with Gasteiger partial charge < -0.3 is 0 Å². The summed E-state index contributed by atoms with van der Waals surface area (Å²) in [5.41, 5.74) is 4.04. The minimum Gasteiger partial charge on any atom is -0.293 e. The largest absolute Gasteiger partial charge is 0.293 e. The molecule has 170 valence electrons. The average Bonchev–Trinajstić information content (AvgIpc) is 3.47. The Morgan fingerprint density at radius 2 is 1.94 bits per heavy atom. The van der Waals surface area contributed by atoms with Crippen LogP contribution in [0.2, 0.25) is 0 Å². The monoisotopic (exact) mass is 486 g/mol. The summed E-state index contributed by atoms with van der Waals surface area (Å²) >= 11 is 6.85. The van der Waals surface area contributed by atoms with Crippen molar-refractivity contribution in [3.8, 4) is 11.1 Å². The molecule has 0 bridgehead atoms. The van der Waals surface area contributed by atoms with Crippen LogP contribution in [0.1, 0.15) is 30.7 Å². The molecule has 5 rings (SSSR count). The minimum absolute atomic E-state index is 0.0223. The van der Waals surface area contributed by atoms with Gasteiger partial charge >= 0.3 is 0 Å². The Bertz CT molecular complexity index is 1370. The molecular weight excluding hydrogens is 464 g/mol. The summed E-state index contributed by atoms with van der Waals surface area (Å²) in [4.78, 5) is 19.9. The molecule has 0 spiro atoms. The summed E-state index contributed by atoms with van der Waals surface area (Å²) in [5.74, 6) is 0.696. The van der Waals surface area contributed by atoms with Gasteiger partial charge in [0.2, 0.25) is 0 Å². The lowest BCUT2D eigenvalue weighted by molar-refractivity contribution is -0.122. The van der Waals surface area contributed by atoms with E-state index in [4.69, 9.17) is 12.2 Å². The van der Waals surface area contributed by atoms with Gasteiger partial charge in [-0.15, -0.1) is 10.2 Å². The molecule has 0 unspecified atom stereocenters. The van der Waals surface area contributed by atoms with Gasteiger partial charge in [-0.25, -0.2) is 0 Å². The quantitative estimate of drug-likeness (QED) is 0.212. The lowest BCUT2D eigenvalue weighted by Gasteiger charge is -2.13. The Morgan fingerprint density at radius 3 is 2.82 bits per heavy atom. The second kappa shape index (κ2) is 10.2. The molecule has 0 radical (unpaired) electrons. The first kappa shape index (κ1) is 22.4. The van der Waals surface area contributed by atoms with Crippen molar-refractivity contribution >= 4 is 51.2 Å². The fourth-order valence-electron chi connectivity index (χ4n) is 3.90. The van der Waals surface area contributed by atoms with E-state index >= 15 is 0 Å². The number of aryl methyl sites for hydroxylation is 1. The molecule has 0 atom stereocenters. The molecule has 2 aromatic heterocycles. The van der Waals surface area contributed by atoms with Crippen molar-refractivity contribution in [2.24, 2.45) is 0 Å². The van der Waals surface area contributed by atoms with Crippen molar-refractivity contribution in [1.29, 1.82) is 0 Å². The summed E-state index contributed by atoms with van der Waals surface area (Å²) < 4.78 is 0.615. The number of aromatic nitrogens is 5. The van der Waals surface area contributed by atoms with Crippen LogP contribution < -0.4 is 0 Å². The summed E-state index contributed by atoms with van der Waals surface area (Å²) in [6.45, 7) is 0.622. The maximum Gasteiger partial charge on any atom is 0.266 e. The van der Waals surface area contributed by atoms with Crippen molar-refractivity contribution < 1.29 is 4.79 Å². The van der Waals surface area contributed by atoms with Crippen LogP contribution in [0.4, 0.5) is 0 Å². The number of amides is 1. The van der Waals surface area contributed by atoms with Gasteiger partial charge in [-0.2, -0.15) is 5.21 Å². The Hall–Kier alpha value is -3.43. The fraction of sp³-hybridized carbons (Fsp3) is 0.200. The molecule has 1 aliphatic rings. The highest BCUT2D eigenvalue weighted by Crippen LogP contribution is 2.33. The Kier molecular flexibility index (Phi) is 6.73. The molecule has 1 amide bonds.